The van der Waals surface area contributed by atoms with E-state index in [4.69, 9.17) is 15.7 Å². The summed E-state index contributed by atoms with van der Waals surface area (Å²) in [7, 11) is 0. The highest BCUT2D eigenvalue weighted by Crippen LogP contribution is 2.32. The van der Waals surface area contributed by atoms with Crippen LogP contribution in [0.2, 0.25) is 0 Å². The van der Waals surface area contributed by atoms with Crippen LogP contribution in [0.3, 0.4) is 0 Å². The number of halogens is 1. The number of hydrogen-bond acceptors (Lipinski definition) is 3. The van der Waals surface area contributed by atoms with Gasteiger partial charge in [0.1, 0.15) is 11.7 Å². The van der Waals surface area contributed by atoms with Crippen molar-refractivity contribution in [3.05, 3.63) is 35.6 Å². The number of rotatable bonds is 2. The Balaban J connectivity index is 2.06. The normalized spacial score (nSPS) is 25.9. The van der Waals surface area contributed by atoms with E-state index in [1.54, 1.807) is 12.1 Å². The fourth-order valence-corrected chi connectivity index (χ4v) is 1.82. The van der Waals surface area contributed by atoms with Crippen molar-refractivity contribution in [3.63, 3.8) is 0 Å². The standard InChI is InChI=1S/C11H13FN2O2/c12-9-3-1-7(2-4-9)10-5-8(6-16-10)11(13)14-15/h1-4,8,10,15H,5-6H2,(H2,13,14). The minimum atomic E-state index is -0.269. The van der Waals surface area contributed by atoms with Crippen molar-refractivity contribution in [2.75, 3.05) is 6.61 Å². The first-order valence-electron chi connectivity index (χ1n) is 5.05. The molecular weight excluding hydrogens is 211 g/mol. The van der Waals surface area contributed by atoms with Gasteiger partial charge in [0.25, 0.3) is 0 Å². The smallest absolute Gasteiger partial charge is 0.144 e. The second kappa shape index (κ2) is 4.49. The second-order valence-corrected chi connectivity index (χ2v) is 3.83. The van der Waals surface area contributed by atoms with Gasteiger partial charge in [-0.2, -0.15) is 0 Å². The number of nitrogens with two attached hydrogens (primary N) is 1. The van der Waals surface area contributed by atoms with Gasteiger partial charge in [0.2, 0.25) is 0 Å². The molecule has 1 aliphatic heterocycles. The molecule has 86 valence electrons. The average molecular weight is 224 g/mol. The number of benzene rings is 1. The molecule has 2 unspecified atom stereocenters. The maximum Gasteiger partial charge on any atom is 0.144 e. The summed E-state index contributed by atoms with van der Waals surface area (Å²) in [5, 5.41) is 11.5. The first kappa shape index (κ1) is 10.9. The van der Waals surface area contributed by atoms with E-state index in [-0.39, 0.29) is 23.7 Å². The molecule has 0 bridgehead atoms. The Hall–Kier alpha value is -1.62. The average Bonchev–Trinajstić information content (AvgIpc) is 2.78. The van der Waals surface area contributed by atoms with Crippen LogP contribution < -0.4 is 5.73 Å². The Morgan fingerprint density at radius 3 is 2.75 bits per heavy atom. The maximum atomic E-state index is 12.7. The first-order chi connectivity index (χ1) is 7.70. The highest BCUT2D eigenvalue weighted by atomic mass is 19.1. The number of nitrogens with zero attached hydrogens (tertiary/aromatic N) is 1. The molecule has 0 saturated carbocycles. The predicted octanol–water partition coefficient (Wildman–Crippen LogP) is 1.65. The van der Waals surface area contributed by atoms with Gasteiger partial charge in [-0.15, -0.1) is 0 Å². The molecule has 1 aliphatic rings. The quantitative estimate of drug-likeness (QED) is 0.347. The Morgan fingerprint density at radius 1 is 1.44 bits per heavy atom. The highest BCUT2D eigenvalue weighted by molar-refractivity contribution is 5.82. The van der Waals surface area contributed by atoms with Crippen molar-refractivity contribution in [3.8, 4) is 0 Å². The van der Waals surface area contributed by atoms with Crippen LogP contribution in [0.5, 0.6) is 0 Å². The molecule has 0 radical (unpaired) electrons. The molecule has 1 heterocycles. The Kier molecular flexibility index (Phi) is 3.05. The van der Waals surface area contributed by atoms with Crippen LogP contribution in [-0.4, -0.2) is 17.6 Å². The monoisotopic (exact) mass is 224 g/mol. The third kappa shape index (κ3) is 2.14. The summed E-state index contributed by atoms with van der Waals surface area (Å²) in [5.74, 6) is -0.153. The summed E-state index contributed by atoms with van der Waals surface area (Å²) < 4.78 is 18.2. The van der Waals surface area contributed by atoms with Gasteiger partial charge in [-0.25, -0.2) is 4.39 Å². The molecule has 0 spiro atoms. The van der Waals surface area contributed by atoms with Crippen molar-refractivity contribution in [1.29, 1.82) is 0 Å². The topological polar surface area (TPSA) is 67.8 Å². The van der Waals surface area contributed by atoms with Gasteiger partial charge in [0.15, 0.2) is 0 Å². The Morgan fingerprint density at radius 2 is 2.12 bits per heavy atom. The summed E-state index contributed by atoms with van der Waals surface area (Å²) in [6, 6.07) is 6.17. The lowest BCUT2D eigenvalue weighted by molar-refractivity contribution is 0.109. The van der Waals surface area contributed by atoms with E-state index in [1.807, 2.05) is 0 Å². The molecule has 16 heavy (non-hydrogen) atoms. The summed E-state index contributed by atoms with van der Waals surface area (Å²) in [4.78, 5) is 0. The Labute approximate surface area is 92.5 Å². The summed E-state index contributed by atoms with van der Waals surface area (Å²) in [6.07, 6.45) is 0.549. The highest BCUT2D eigenvalue weighted by Gasteiger charge is 2.29. The summed E-state index contributed by atoms with van der Waals surface area (Å²) >= 11 is 0. The summed E-state index contributed by atoms with van der Waals surface area (Å²) in [6.45, 7) is 0.429. The number of oxime groups is 1. The Bertz CT molecular complexity index is 391. The van der Waals surface area contributed by atoms with Crippen LogP contribution in [0.4, 0.5) is 4.39 Å². The molecule has 2 rings (SSSR count). The fraction of sp³-hybridized carbons (Fsp3) is 0.364. The first-order valence-corrected chi connectivity index (χ1v) is 5.05. The molecule has 4 nitrogen and oxygen atoms in total. The largest absolute Gasteiger partial charge is 0.409 e. The molecule has 0 amide bonds. The molecule has 1 saturated heterocycles. The van der Waals surface area contributed by atoms with Crippen LogP contribution in [0, 0.1) is 11.7 Å². The second-order valence-electron chi connectivity index (χ2n) is 3.83. The third-order valence-electron chi connectivity index (χ3n) is 2.77. The maximum absolute atomic E-state index is 12.7. The molecule has 1 aromatic rings. The zero-order valence-corrected chi connectivity index (χ0v) is 8.64. The van der Waals surface area contributed by atoms with Crippen molar-refractivity contribution in [1.82, 2.24) is 0 Å². The number of hydrogen-bond donors (Lipinski definition) is 2. The zero-order valence-electron chi connectivity index (χ0n) is 8.64. The molecule has 1 aromatic carbocycles. The van der Waals surface area contributed by atoms with Crippen LogP contribution in [-0.2, 0) is 4.74 Å². The van der Waals surface area contributed by atoms with Crippen LogP contribution >= 0.6 is 0 Å². The third-order valence-corrected chi connectivity index (χ3v) is 2.77. The van der Waals surface area contributed by atoms with E-state index >= 15 is 0 Å². The van der Waals surface area contributed by atoms with Gasteiger partial charge in [0, 0.05) is 5.92 Å². The van der Waals surface area contributed by atoms with E-state index < -0.39 is 0 Å². The predicted molar refractivity (Wildman–Crippen MR) is 56.6 cm³/mol. The minimum Gasteiger partial charge on any atom is -0.409 e. The van der Waals surface area contributed by atoms with Gasteiger partial charge in [0.05, 0.1) is 12.7 Å². The number of ether oxygens (including phenoxy) is 1. The van der Waals surface area contributed by atoms with Gasteiger partial charge in [-0.05, 0) is 24.1 Å². The van der Waals surface area contributed by atoms with E-state index in [2.05, 4.69) is 5.16 Å². The van der Waals surface area contributed by atoms with Crippen LogP contribution in [0.1, 0.15) is 18.1 Å². The minimum absolute atomic E-state index is 0.0694. The molecular formula is C11H13FN2O2. The van der Waals surface area contributed by atoms with Crippen LogP contribution in [0.25, 0.3) is 0 Å². The number of amidine groups is 1. The van der Waals surface area contributed by atoms with Crippen molar-refractivity contribution in [2.45, 2.75) is 12.5 Å². The van der Waals surface area contributed by atoms with Gasteiger partial charge < -0.3 is 15.7 Å². The fourth-order valence-electron chi connectivity index (χ4n) is 1.82. The van der Waals surface area contributed by atoms with E-state index in [9.17, 15) is 4.39 Å². The molecule has 2 atom stereocenters. The molecule has 3 N–H and O–H groups in total. The van der Waals surface area contributed by atoms with Gasteiger partial charge >= 0.3 is 0 Å². The SMILES string of the molecule is NC(=NO)C1COC(c2ccc(F)cc2)C1. The lowest BCUT2D eigenvalue weighted by atomic mass is 10.00. The molecule has 1 fully saturated rings. The van der Waals surface area contributed by atoms with Crippen molar-refractivity contribution >= 4 is 5.84 Å². The van der Waals surface area contributed by atoms with Crippen LogP contribution in [0.15, 0.2) is 29.4 Å². The van der Waals surface area contributed by atoms with Crippen molar-refractivity contribution in [2.24, 2.45) is 16.8 Å². The molecule has 5 heteroatoms. The van der Waals surface area contributed by atoms with E-state index in [0.717, 1.165) is 5.56 Å². The van der Waals surface area contributed by atoms with Crippen molar-refractivity contribution < 1.29 is 14.3 Å². The lowest BCUT2D eigenvalue weighted by Gasteiger charge is -2.09. The van der Waals surface area contributed by atoms with E-state index in [0.29, 0.717) is 13.0 Å². The molecule has 0 aliphatic carbocycles. The van der Waals surface area contributed by atoms with E-state index in [1.165, 1.54) is 12.1 Å². The summed E-state index contributed by atoms with van der Waals surface area (Å²) in [5.41, 5.74) is 6.41. The lowest BCUT2D eigenvalue weighted by Crippen LogP contribution is -2.23. The molecule has 0 aromatic heterocycles. The zero-order chi connectivity index (χ0) is 11.5. The van der Waals surface area contributed by atoms with Gasteiger partial charge in [-0.3, -0.25) is 0 Å². The van der Waals surface area contributed by atoms with Gasteiger partial charge in [-0.1, -0.05) is 17.3 Å².